The highest BCUT2D eigenvalue weighted by Crippen LogP contribution is 2.29. The van der Waals surface area contributed by atoms with Crippen molar-refractivity contribution >= 4 is 21.8 Å². The van der Waals surface area contributed by atoms with E-state index in [2.05, 4.69) is 17.6 Å². The molecule has 3 atom stereocenters. The number of primary sulfonamides is 1. The largest absolute Gasteiger partial charge is 0.354 e. The Morgan fingerprint density at radius 3 is 2.31 bits per heavy atom. The molecular formula is C21H33N3O4S. The van der Waals surface area contributed by atoms with Gasteiger partial charge in [-0.15, -0.1) is 0 Å². The van der Waals surface area contributed by atoms with Gasteiger partial charge < -0.3 is 10.6 Å². The fraction of sp³-hybridized carbons (Fsp3) is 0.619. The lowest BCUT2D eigenvalue weighted by Gasteiger charge is -2.30. The van der Waals surface area contributed by atoms with Crippen LogP contribution in [-0.4, -0.2) is 32.8 Å². The molecule has 0 radical (unpaired) electrons. The Hall–Kier alpha value is -1.93. The maximum Gasteiger partial charge on any atom is 0.242 e. The standard InChI is InChI=1S/C21H33N3O4S/c1-14(2)19(24-20(25)18-7-5-4-6-15(18)3)21(26)23-13-12-16-8-10-17(11-9-16)29(22,27)28/h8-11,14-15,18-19H,4-7,12-13H2,1-3H3,(H,23,26)(H,24,25)(H2,22,27,28)/t15-,18+,19+/m1/s1. The van der Waals surface area contributed by atoms with Crippen molar-refractivity contribution in [3.8, 4) is 0 Å². The molecule has 2 rings (SSSR count). The first-order chi connectivity index (χ1) is 13.6. The first-order valence-corrected chi connectivity index (χ1v) is 11.8. The van der Waals surface area contributed by atoms with Gasteiger partial charge in [-0.2, -0.15) is 0 Å². The Morgan fingerprint density at radius 1 is 1.14 bits per heavy atom. The topological polar surface area (TPSA) is 118 Å². The number of sulfonamides is 1. The third-order valence-electron chi connectivity index (χ3n) is 5.66. The number of rotatable bonds is 8. The van der Waals surface area contributed by atoms with Gasteiger partial charge in [0.2, 0.25) is 21.8 Å². The third kappa shape index (κ3) is 6.82. The Bertz CT molecular complexity index is 806. The molecule has 1 fully saturated rings. The maximum absolute atomic E-state index is 12.7. The van der Waals surface area contributed by atoms with Gasteiger partial charge in [0.15, 0.2) is 0 Å². The van der Waals surface area contributed by atoms with E-state index in [1.54, 1.807) is 12.1 Å². The molecule has 1 saturated carbocycles. The van der Waals surface area contributed by atoms with Crippen LogP contribution in [0.15, 0.2) is 29.2 Å². The van der Waals surface area contributed by atoms with Gasteiger partial charge in [-0.3, -0.25) is 9.59 Å². The minimum absolute atomic E-state index is 0.0184. The molecular weight excluding hydrogens is 390 g/mol. The van der Waals surface area contributed by atoms with Gasteiger partial charge in [0.25, 0.3) is 0 Å². The SMILES string of the molecule is CC(C)[C@H](NC(=O)[C@H]1CCCC[C@H]1C)C(=O)NCCc1ccc(S(N)(=O)=O)cc1. The molecule has 0 aromatic heterocycles. The second-order valence-corrected chi connectivity index (χ2v) is 9.89. The van der Waals surface area contributed by atoms with Crippen molar-refractivity contribution in [2.24, 2.45) is 22.9 Å². The summed E-state index contributed by atoms with van der Waals surface area (Å²) in [5.74, 6) is 0.0876. The monoisotopic (exact) mass is 423 g/mol. The molecule has 7 nitrogen and oxygen atoms in total. The third-order valence-corrected chi connectivity index (χ3v) is 6.59. The molecule has 1 aliphatic rings. The number of hydrogen-bond donors (Lipinski definition) is 3. The van der Waals surface area contributed by atoms with Gasteiger partial charge in [-0.05, 0) is 48.8 Å². The predicted molar refractivity (Wildman–Crippen MR) is 112 cm³/mol. The Balaban J connectivity index is 1.88. The molecule has 162 valence electrons. The number of nitrogens with two attached hydrogens (primary N) is 1. The van der Waals surface area contributed by atoms with Crippen molar-refractivity contribution in [1.29, 1.82) is 0 Å². The summed E-state index contributed by atoms with van der Waals surface area (Å²) in [6.07, 6.45) is 4.71. The summed E-state index contributed by atoms with van der Waals surface area (Å²) < 4.78 is 22.6. The molecule has 8 heteroatoms. The molecule has 29 heavy (non-hydrogen) atoms. The van der Waals surface area contributed by atoms with E-state index in [1.807, 2.05) is 13.8 Å². The predicted octanol–water partition coefficient (Wildman–Crippen LogP) is 1.96. The minimum atomic E-state index is -3.71. The van der Waals surface area contributed by atoms with Gasteiger partial charge >= 0.3 is 0 Å². The first kappa shape index (κ1) is 23.3. The van der Waals surface area contributed by atoms with Gasteiger partial charge in [-0.1, -0.05) is 45.7 Å². The molecule has 4 N–H and O–H groups in total. The van der Waals surface area contributed by atoms with E-state index >= 15 is 0 Å². The summed E-state index contributed by atoms with van der Waals surface area (Å²) in [4.78, 5) is 25.4. The van der Waals surface area contributed by atoms with Crippen LogP contribution in [0.5, 0.6) is 0 Å². The van der Waals surface area contributed by atoms with Gasteiger partial charge in [-0.25, -0.2) is 13.6 Å². The molecule has 0 aliphatic heterocycles. The zero-order valence-corrected chi connectivity index (χ0v) is 18.3. The van der Waals surface area contributed by atoms with Crippen molar-refractivity contribution in [1.82, 2.24) is 10.6 Å². The zero-order chi connectivity index (χ0) is 21.6. The van der Waals surface area contributed by atoms with Crippen molar-refractivity contribution in [2.45, 2.75) is 63.8 Å². The molecule has 1 aliphatic carbocycles. The lowest BCUT2D eigenvalue weighted by Crippen LogP contribution is -2.52. The van der Waals surface area contributed by atoms with Crippen LogP contribution in [0.1, 0.15) is 52.0 Å². The van der Waals surface area contributed by atoms with E-state index in [0.717, 1.165) is 31.2 Å². The average Bonchev–Trinajstić information content (AvgIpc) is 2.65. The van der Waals surface area contributed by atoms with Crippen LogP contribution < -0.4 is 15.8 Å². The zero-order valence-electron chi connectivity index (χ0n) is 17.5. The van der Waals surface area contributed by atoms with E-state index in [0.29, 0.717) is 18.9 Å². The molecule has 0 unspecified atom stereocenters. The molecule has 1 aromatic rings. The van der Waals surface area contributed by atoms with E-state index in [-0.39, 0.29) is 28.5 Å². The number of benzene rings is 1. The highest BCUT2D eigenvalue weighted by Gasteiger charge is 2.31. The number of carbonyl (C=O) groups is 2. The van der Waals surface area contributed by atoms with Crippen LogP contribution in [0.3, 0.4) is 0 Å². The van der Waals surface area contributed by atoms with Gasteiger partial charge in [0.1, 0.15) is 6.04 Å². The van der Waals surface area contributed by atoms with Crippen LogP contribution >= 0.6 is 0 Å². The Morgan fingerprint density at radius 2 is 1.76 bits per heavy atom. The normalized spacial score (nSPS) is 20.9. The minimum Gasteiger partial charge on any atom is -0.354 e. The fourth-order valence-corrected chi connectivity index (χ4v) is 4.30. The number of nitrogens with one attached hydrogen (secondary N) is 2. The maximum atomic E-state index is 12.7. The Labute approximate surface area is 173 Å². The van der Waals surface area contributed by atoms with Crippen molar-refractivity contribution in [3.05, 3.63) is 29.8 Å². The van der Waals surface area contributed by atoms with E-state index < -0.39 is 16.1 Å². The summed E-state index contributed by atoms with van der Waals surface area (Å²) >= 11 is 0. The lowest BCUT2D eigenvalue weighted by atomic mass is 9.79. The summed E-state index contributed by atoms with van der Waals surface area (Å²) in [5.41, 5.74) is 0.888. The lowest BCUT2D eigenvalue weighted by molar-refractivity contribution is -0.133. The number of amides is 2. The van der Waals surface area contributed by atoms with E-state index in [4.69, 9.17) is 5.14 Å². The van der Waals surface area contributed by atoms with Gasteiger partial charge in [0.05, 0.1) is 4.90 Å². The second kappa shape index (κ2) is 10.2. The number of hydrogen-bond acceptors (Lipinski definition) is 4. The van der Waals surface area contributed by atoms with Crippen LogP contribution in [0, 0.1) is 17.8 Å². The highest BCUT2D eigenvalue weighted by atomic mass is 32.2. The average molecular weight is 424 g/mol. The van der Waals surface area contributed by atoms with Crippen LogP contribution in [0.2, 0.25) is 0 Å². The van der Waals surface area contributed by atoms with Crippen molar-refractivity contribution < 1.29 is 18.0 Å². The molecule has 0 saturated heterocycles. The summed E-state index contributed by atoms with van der Waals surface area (Å²) in [6.45, 7) is 6.34. The summed E-state index contributed by atoms with van der Waals surface area (Å²) in [5, 5.41) is 10.9. The molecule has 0 heterocycles. The fourth-order valence-electron chi connectivity index (χ4n) is 3.79. The van der Waals surface area contributed by atoms with Crippen LogP contribution in [0.25, 0.3) is 0 Å². The van der Waals surface area contributed by atoms with E-state index in [9.17, 15) is 18.0 Å². The molecule has 1 aromatic carbocycles. The smallest absolute Gasteiger partial charge is 0.242 e. The summed E-state index contributed by atoms with van der Waals surface area (Å²) in [6, 6.07) is 5.70. The van der Waals surface area contributed by atoms with Crippen LogP contribution in [-0.2, 0) is 26.0 Å². The highest BCUT2D eigenvalue weighted by molar-refractivity contribution is 7.89. The molecule has 0 spiro atoms. The number of carbonyl (C=O) groups excluding carboxylic acids is 2. The van der Waals surface area contributed by atoms with Crippen molar-refractivity contribution in [2.75, 3.05) is 6.54 Å². The Kier molecular flexibility index (Phi) is 8.22. The molecule has 0 bridgehead atoms. The quantitative estimate of drug-likeness (QED) is 0.592. The van der Waals surface area contributed by atoms with Crippen LogP contribution in [0.4, 0.5) is 0 Å². The van der Waals surface area contributed by atoms with E-state index in [1.165, 1.54) is 12.1 Å². The summed E-state index contributed by atoms with van der Waals surface area (Å²) in [7, 11) is -3.71. The second-order valence-electron chi connectivity index (χ2n) is 8.33. The van der Waals surface area contributed by atoms with Crippen molar-refractivity contribution in [3.63, 3.8) is 0 Å². The van der Waals surface area contributed by atoms with Gasteiger partial charge in [0, 0.05) is 12.5 Å². The first-order valence-electron chi connectivity index (χ1n) is 10.3. The molecule has 2 amide bonds.